The first-order valence-corrected chi connectivity index (χ1v) is 23.4. The van der Waals surface area contributed by atoms with Gasteiger partial charge in [-0.3, -0.25) is 9.59 Å². The highest BCUT2D eigenvalue weighted by molar-refractivity contribution is 5.66. The lowest BCUT2D eigenvalue weighted by Gasteiger charge is -2.63. The zero-order chi connectivity index (χ0) is 39.7. The molecule has 8 aliphatic carbocycles. The summed E-state index contributed by atoms with van der Waals surface area (Å²) < 4.78 is 0. The number of hydrogen-bond donors (Lipinski definition) is 5. The van der Waals surface area contributed by atoms with Crippen LogP contribution in [-0.4, -0.2) is 55.8 Å². The molecule has 8 fully saturated rings. The molecule has 7 nitrogen and oxygen atoms in total. The molecule has 0 amide bonds. The summed E-state index contributed by atoms with van der Waals surface area (Å²) in [5.74, 6) is 5.56. The van der Waals surface area contributed by atoms with Gasteiger partial charge in [-0.25, -0.2) is 0 Å². The zero-order valence-corrected chi connectivity index (χ0v) is 35.6. The van der Waals surface area contributed by atoms with E-state index in [2.05, 4.69) is 41.5 Å². The molecular weight excluding hydrogens is 689 g/mol. The summed E-state index contributed by atoms with van der Waals surface area (Å²) in [4.78, 5) is 22.1. The molecule has 55 heavy (non-hydrogen) atoms. The van der Waals surface area contributed by atoms with Gasteiger partial charge in [-0.05, 0) is 202 Å². The van der Waals surface area contributed by atoms with Gasteiger partial charge in [0.1, 0.15) is 0 Å². The molecule has 0 heterocycles. The van der Waals surface area contributed by atoms with Crippen molar-refractivity contribution in [3.8, 4) is 0 Å². The standard InChI is InChI=1S/C24H40O5.C24H40O2/c1-13(4-7-21(28)29)16-5-6-17-22-18(12-20(27)24(16,17)3)23(2)9-8-15(25)10-14(23)11-19(22)26;1-16(7-12-22(25)26)19-10-11-20-18-9-8-17-6-4-5-14-23(17,2)21(18)13-15-24(19,20)3/h13-20,22,25-27H,4-12H2,1-3H3,(H,28,29);16-21H,4-15H2,1-3H3,(H,25,26)/t13-,14+,15-,16-,17+,18+,19-,20+,22+,23+,24-;16-,17?,18+,19-,20+,21+,23+,24-/m11/s1. The summed E-state index contributed by atoms with van der Waals surface area (Å²) in [6.45, 7) is 14.3. The molecule has 19 atom stereocenters. The van der Waals surface area contributed by atoms with Crippen molar-refractivity contribution in [3.63, 3.8) is 0 Å². The van der Waals surface area contributed by atoms with E-state index in [1.165, 1.54) is 64.2 Å². The summed E-state index contributed by atoms with van der Waals surface area (Å²) in [5.41, 5.74) is 0.975. The van der Waals surface area contributed by atoms with Crippen molar-refractivity contribution in [2.45, 2.75) is 195 Å². The predicted octanol–water partition coefficient (Wildman–Crippen LogP) is 9.98. The van der Waals surface area contributed by atoms with Crippen LogP contribution in [0.15, 0.2) is 0 Å². The molecule has 0 saturated heterocycles. The minimum Gasteiger partial charge on any atom is -0.481 e. The lowest BCUT2D eigenvalue weighted by Crippen LogP contribution is -2.62. The molecule has 0 aromatic carbocycles. The summed E-state index contributed by atoms with van der Waals surface area (Å²) in [6.07, 6.45) is 21.7. The Morgan fingerprint density at radius 1 is 0.582 bits per heavy atom. The van der Waals surface area contributed by atoms with Crippen LogP contribution < -0.4 is 0 Å². The number of carboxylic acids is 2. The fraction of sp³-hybridized carbons (Fsp3) is 0.958. The number of aliphatic hydroxyl groups is 3. The van der Waals surface area contributed by atoms with Gasteiger partial charge in [-0.1, -0.05) is 54.4 Å². The minimum atomic E-state index is -0.748. The summed E-state index contributed by atoms with van der Waals surface area (Å²) in [7, 11) is 0. The minimum absolute atomic E-state index is 0.0957. The molecule has 0 bridgehead atoms. The number of carbonyl (C=O) groups is 2. The average molecular weight is 769 g/mol. The van der Waals surface area contributed by atoms with Gasteiger partial charge < -0.3 is 25.5 Å². The number of fused-ring (bicyclic) bond motifs is 10. The highest BCUT2D eigenvalue weighted by Crippen LogP contribution is 2.70. The third-order valence-corrected chi connectivity index (χ3v) is 20.5. The summed E-state index contributed by atoms with van der Waals surface area (Å²) >= 11 is 0. The van der Waals surface area contributed by atoms with Crippen molar-refractivity contribution in [1.29, 1.82) is 0 Å². The topological polar surface area (TPSA) is 135 Å². The van der Waals surface area contributed by atoms with Gasteiger partial charge in [0.2, 0.25) is 0 Å². The second-order valence-electron chi connectivity index (χ2n) is 22.5. The molecule has 0 spiro atoms. The lowest BCUT2D eigenvalue weighted by molar-refractivity contribution is -0.207. The first-order chi connectivity index (χ1) is 25.9. The Kier molecular flexibility index (Phi) is 12.0. The number of hydrogen-bond acceptors (Lipinski definition) is 5. The van der Waals surface area contributed by atoms with Crippen molar-refractivity contribution >= 4 is 11.9 Å². The van der Waals surface area contributed by atoms with E-state index in [0.29, 0.717) is 53.3 Å². The Bertz CT molecular complexity index is 1380. The van der Waals surface area contributed by atoms with Gasteiger partial charge in [0, 0.05) is 12.8 Å². The Morgan fingerprint density at radius 2 is 1.18 bits per heavy atom. The molecular formula is C48H80O7. The molecule has 8 saturated carbocycles. The Morgan fingerprint density at radius 3 is 1.87 bits per heavy atom. The van der Waals surface area contributed by atoms with Crippen LogP contribution in [0.25, 0.3) is 0 Å². The van der Waals surface area contributed by atoms with E-state index < -0.39 is 18.0 Å². The largest absolute Gasteiger partial charge is 0.481 e. The quantitative estimate of drug-likeness (QED) is 0.166. The van der Waals surface area contributed by atoms with Gasteiger partial charge in [-0.2, -0.15) is 0 Å². The highest BCUT2D eigenvalue weighted by Gasteiger charge is 2.66. The van der Waals surface area contributed by atoms with Crippen LogP contribution in [0.4, 0.5) is 0 Å². The molecule has 0 aromatic heterocycles. The van der Waals surface area contributed by atoms with E-state index >= 15 is 0 Å². The van der Waals surface area contributed by atoms with Gasteiger partial charge >= 0.3 is 11.9 Å². The van der Waals surface area contributed by atoms with Crippen LogP contribution in [0.2, 0.25) is 0 Å². The lowest BCUT2D eigenvalue weighted by atomic mass is 9.43. The summed E-state index contributed by atoms with van der Waals surface area (Å²) in [6, 6.07) is 0. The fourth-order valence-electron chi connectivity index (χ4n) is 17.5. The van der Waals surface area contributed by atoms with Gasteiger partial charge in [0.15, 0.2) is 0 Å². The second kappa shape index (κ2) is 15.8. The van der Waals surface area contributed by atoms with E-state index in [1.54, 1.807) is 0 Å². The third-order valence-electron chi connectivity index (χ3n) is 20.5. The van der Waals surface area contributed by atoms with E-state index in [0.717, 1.165) is 81.0 Å². The normalized spacial score (nSPS) is 51.0. The Labute approximate surface area is 333 Å². The van der Waals surface area contributed by atoms with Crippen molar-refractivity contribution in [2.24, 2.45) is 92.7 Å². The van der Waals surface area contributed by atoms with Gasteiger partial charge in [-0.15, -0.1) is 0 Å². The molecule has 0 radical (unpaired) electrons. The first-order valence-electron chi connectivity index (χ1n) is 23.4. The maximum absolute atomic E-state index is 11.5. The highest BCUT2D eigenvalue weighted by atomic mass is 16.4. The average Bonchev–Trinajstić information content (AvgIpc) is 3.68. The molecule has 0 aromatic rings. The number of carboxylic acid groups (broad SMARTS) is 2. The van der Waals surface area contributed by atoms with Crippen molar-refractivity contribution < 1.29 is 35.1 Å². The van der Waals surface area contributed by atoms with Crippen LogP contribution in [0.5, 0.6) is 0 Å². The van der Waals surface area contributed by atoms with Crippen molar-refractivity contribution in [2.75, 3.05) is 0 Å². The number of aliphatic hydroxyl groups excluding tert-OH is 3. The predicted molar refractivity (Wildman–Crippen MR) is 216 cm³/mol. The zero-order valence-electron chi connectivity index (χ0n) is 35.6. The maximum atomic E-state index is 11.5. The van der Waals surface area contributed by atoms with E-state index in [1.807, 2.05) is 0 Å². The van der Waals surface area contributed by atoms with Gasteiger partial charge in [0.25, 0.3) is 0 Å². The van der Waals surface area contributed by atoms with Crippen LogP contribution >= 0.6 is 0 Å². The van der Waals surface area contributed by atoms with Crippen LogP contribution in [0.3, 0.4) is 0 Å². The molecule has 8 rings (SSSR count). The van der Waals surface area contributed by atoms with E-state index in [4.69, 9.17) is 10.2 Å². The van der Waals surface area contributed by atoms with Gasteiger partial charge in [0.05, 0.1) is 18.3 Å². The van der Waals surface area contributed by atoms with Crippen molar-refractivity contribution in [1.82, 2.24) is 0 Å². The molecule has 8 aliphatic rings. The van der Waals surface area contributed by atoms with Crippen LogP contribution in [-0.2, 0) is 9.59 Å². The van der Waals surface area contributed by atoms with Crippen LogP contribution in [0.1, 0.15) is 176 Å². The van der Waals surface area contributed by atoms with E-state index in [9.17, 15) is 24.9 Å². The Balaban J connectivity index is 0.000000170. The maximum Gasteiger partial charge on any atom is 0.303 e. The summed E-state index contributed by atoms with van der Waals surface area (Å²) in [5, 5.41) is 51.1. The smallest absolute Gasteiger partial charge is 0.303 e. The SMILES string of the molecule is C[C@H](CCC(=O)O)[C@H]1CC[C@H]2[C@@H]3CCC4CCCC[C@]4(C)[C@H]3CC[C@]12C.C[C@H](CCC(=O)O)[C@H]1CC[C@H]2[C@@H]3[C@H](O)C[C@@H]4C[C@H](O)CC[C@]4(C)[C@H]3C[C@H](O)[C@]12C. The molecule has 7 heteroatoms. The second-order valence-corrected chi connectivity index (χ2v) is 22.5. The molecule has 314 valence electrons. The Hall–Kier alpha value is -1.18. The first kappa shape index (κ1) is 42.0. The third kappa shape index (κ3) is 7.18. The fourth-order valence-corrected chi connectivity index (χ4v) is 17.5. The number of rotatable bonds is 8. The molecule has 0 aliphatic heterocycles. The van der Waals surface area contributed by atoms with E-state index in [-0.39, 0.29) is 41.3 Å². The van der Waals surface area contributed by atoms with Crippen LogP contribution in [0, 0.1) is 92.7 Å². The monoisotopic (exact) mass is 769 g/mol. The number of aliphatic carboxylic acids is 2. The van der Waals surface area contributed by atoms with Crippen molar-refractivity contribution in [3.05, 3.63) is 0 Å². The molecule has 1 unspecified atom stereocenters. The molecule has 5 N–H and O–H groups in total.